The van der Waals surface area contributed by atoms with Crippen molar-refractivity contribution in [3.8, 4) is 5.88 Å². The zero-order valence-corrected chi connectivity index (χ0v) is 11.5. The van der Waals surface area contributed by atoms with Gasteiger partial charge in [0.1, 0.15) is 12.1 Å². The molecule has 0 aliphatic carbocycles. The molecular formula is C12H22N4O. The van der Waals surface area contributed by atoms with Crippen molar-refractivity contribution < 1.29 is 4.74 Å². The molecule has 0 atom stereocenters. The lowest BCUT2D eigenvalue weighted by molar-refractivity contribution is 0.210. The Bertz CT molecular complexity index is 377. The lowest BCUT2D eigenvalue weighted by atomic mass is 10.0. The molecule has 5 nitrogen and oxygen atoms in total. The Kier molecular flexibility index (Phi) is 4.28. The van der Waals surface area contributed by atoms with Gasteiger partial charge in [-0.05, 0) is 34.9 Å². The smallest absolute Gasteiger partial charge is 0.221 e. The largest absolute Gasteiger partial charge is 0.481 e. The maximum Gasteiger partial charge on any atom is 0.221 e. The molecule has 0 fully saturated rings. The number of methoxy groups -OCH3 is 1. The van der Waals surface area contributed by atoms with Crippen LogP contribution in [-0.4, -0.2) is 48.2 Å². The first-order valence-electron chi connectivity index (χ1n) is 5.65. The summed E-state index contributed by atoms with van der Waals surface area (Å²) in [5, 5.41) is 3.34. The van der Waals surface area contributed by atoms with Gasteiger partial charge in [-0.25, -0.2) is 9.97 Å². The molecule has 96 valence electrons. The molecule has 17 heavy (non-hydrogen) atoms. The SMILES string of the molecule is COc1ncnc(NCC(C)(C)N(C)C)c1C. The van der Waals surface area contributed by atoms with Crippen molar-refractivity contribution in [3.05, 3.63) is 11.9 Å². The van der Waals surface area contributed by atoms with Crippen molar-refractivity contribution in [3.63, 3.8) is 0 Å². The molecule has 0 aliphatic heterocycles. The lowest BCUT2D eigenvalue weighted by Crippen LogP contribution is -2.44. The molecule has 0 saturated carbocycles. The van der Waals surface area contributed by atoms with Crippen molar-refractivity contribution in [1.29, 1.82) is 0 Å². The van der Waals surface area contributed by atoms with E-state index in [0.717, 1.165) is 17.9 Å². The number of likely N-dealkylation sites (N-methyl/N-ethyl adjacent to an activating group) is 1. The van der Waals surface area contributed by atoms with Crippen LogP contribution in [0.4, 0.5) is 5.82 Å². The molecule has 1 heterocycles. The molecule has 0 aromatic carbocycles. The first kappa shape index (κ1) is 13.7. The van der Waals surface area contributed by atoms with Gasteiger partial charge in [0, 0.05) is 12.1 Å². The van der Waals surface area contributed by atoms with E-state index in [2.05, 4.69) is 48.1 Å². The van der Waals surface area contributed by atoms with Crippen LogP contribution < -0.4 is 10.1 Å². The minimum absolute atomic E-state index is 0.0601. The average molecular weight is 238 g/mol. The monoisotopic (exact) mass is 238 g/mol. The third kappa shape index (κ3) is 3.30. The van der Waals surface area contributed by atoms with Crippen molar-refractivity contribution in [2.24, 2.45) is 0 Å². The minimum Gasteiger partial charge on any atom is -0.481 e. The molecule has 5 heteroatoms. The van der Waals surface area contributed by atoms with E-state index < -0.39 is 0 Å². The maximum atomic E-state index is 5.16. The molecule has 0 unspecified atom stereocenters. The Labute approximate surface area is 103 Å². The van der Waals surface area contributed by atoms with E-state index in [-0.39, 0.29) is 5.54 Å². The Morgan fingerprint density at radius 3 is 2.53 bits per heavy atom. The predicted octanol–water partition coefficient (Wildman–Crippen LogP) is 1.55. The highest BCUT2D eigenvalue weighted by Gasteiger charge is 2.20. The summed E-state index contributed by atoms with van der Waals surface area (Å²) in [7, 11) is 5.74. The van der Waals surface area contributed by atoms with E-state index >= 15 is 0 Å². The van der Waals surface area contributed by atoms with E-state index in [0.29, 0.717) is 5.88 Å². The summed E-state index contributed by atoms with van der Waals surface area (Å²) in [6.07, 6.45) is 1.51. The molecule has 0 bridgehead atoms. The van der Waals surface area contributed by atoms with Crippen LogP contribution in [0.25, 0.3) is 0 Å². The zero-order chi connectivity index (χ0) is 13.1. The van der Waals surface area contributed by atoms with Crippen LogP contribution in [0.5, 0.6) is 5.88 Å². The van der Waals surface area contributed by atoms with E-state index in [1.54, 1.807) is 7.11 Å². The number of aromatic nitrogens is 2. The highest BCUT2D eigenvalue weighted by atomic mass is 16.5. The third-order valence-electron chi connectivity index (χ3n) is 3.13. The second-order valence-corrected chi connectivity index (χ2v) is 4.92. The number of hydrogen-bond acceptors (Lipinski definition) is 5. The van der Waals surface area contributed by atoms with Crippen molar-refractivity contribution >= 4 is 5.82 Å². The van der Waals surface area contributed by atoms with E-state index in [1.165, 1.54) is 6.33 Å². The van der Waals surface area contributed by atoms with Gasteiger partial charge in [-0.2, -0.15) is 0 Å². The predicted molar refractivity (Wildman–Crippen MR) is 69.6 cm³/mol. The first-order chi connectivity index (χ1) is 7.88. The Morgan fingerprint density at radius 2 is 2.00 bits per heavy atom. The van der Waals surface area contributed by atoms with Gasteiger partial charge >= 0.3 is 0 Å². The van der Waals surface area contributed by atoms with Gasteiger partial charge in [0.05, 0.1) is 12.7 Å². The highest BCUT2D eigenvalue weighted by molar-refractivity contribution is 5.47. The van der Waals surface area contributed by atoms with Crippen LogP contribution in [0.2, 0.25) is 0 Å². The van der Waals surface area contributed by atoms with Gasteiger partial charge in [-0.3, -0.25) is 0 Å². The van der Waals surface area contributed by atoms with E-state index in [1.807, 2.05) is 6.92 Å². The van der Waals surface area contributed by atoms with Gasteiger partial charge in [-0.15, -0.1) is 0 Å². The minimum atomic E-state index is 0.0601. The fraction of sp³-hybridized carbons (Fsp3) is 0.667. The third-order valence-corrected chi connectivity index (χ3v) is 3.13. The van der Waals surface area contributed by atoms with Crippen molar-refractivity contribution in [1.82, 2.24) is 14.9 Å². The molecule has 1 aromatic rings. The van der Waals surface area contributed by atoms with E-state index in [9.17, 15) is 0 Å². The fourth-order valence-corrected chi connectivity index (χ4v) is 1.28. The summed E-state index contributed by atoms with van der Waals surface area (Å²) < 4.78 is 5.16. The summed E-state index contributed by atoms with van der Waals surface area (Å²) in [6.45, 7) is 7.10. The van der Waals surface area contributed by atoms with E-state index in [4.69, 9.17) is 4.74 Å². The van der Waals surface area contributed by atoms with Crippen LogP contribution in [0.3, 0.4) is 0 Å². The summed E-state index contributed by atoms with van der Waals surface area (Å²) in [5.74, 6) is 1.44. The summed E-state index contributed by atoms with van der Waals surface area (Å²) in [4.78, 5) is 10.5. The number of nitrogens with one attached hydrogen (secondary N) is 1. The zero-order valence-electron chi connectivity index (χ0n) is 11.5. The summed E-state index contributed by atoms with van der Waals surface area (Å²) in [5.41, 5.74) is 0.995. The van der Waals surface area contributed by atoms with Crippen LogP contribution >= 0.6 is 0 Å². The highest BCUT2D eigenvalue weighted by Crippen LogP contribution is 2.20. The number of nitrogens with zero attached hydrogens (tertiary/aromatic N) is 3. The average Bonchev–Trinajstić information content (AvgIpc) is 2.27. The second-order valence-electron chi connectivity index (χ2n) is 4.92. The first-order valence-corrected chi connectivity index (χ1v) is 5.65. The van der Waals surface area contributed by atoms with Gasteiger partial charge in [0.25, 0.3) is 0 Å². The molecule has 0 radical (unpaired) electrons. The second kappa shape index (κ2) is 5.31. The van der Waals surface area contributed by atoms with Gasteiger partial charge in [-0.1, -0.05) is 0 Å². The van der Waals surface area contributed by atoms with Crippen LogP contribution in [0, 0.1) is 6.92 Å². The fourth-order valence-electron chi connectivity index (χ4n) is 1.28. The maximum absolute atomic E-state index is 5.16. The molecule has 0 spiro atoms. The van der Waals surface area contributed by atoms with Crippen molar-refractivity contribution in [2.45, 2.75) is 26.3 Å². The summed E-state index contributed by atoms with van der Waals surface area (Å²) in [6, 6.07) is 0. The molecule has 0 amide bonds. The number of hydrogen-bond donors (Lipinski definition) is 1. The number of anilines is 1. The quantitative estimate of drug-likeness (QED) is 0.843. The molecule has 1 N–H and O–H groups in total. The molecular weight excluding hydrogens is 216 g/mol. The Hall–Kier alpha value is -1.36. The standard InChI is InChI=1S/C12H22N4O/c1-9-10(14-8-15-11(9)17-6)13-7-12(2,3)16(4)5/h8H,7H2,1-6H3,(H,13,14,15). The van der Waals surface area contributed by atoms with Crippen LogP contribution in [0.1, 0.15) is 19.4 Å². The normalized spacial score (nSPS) is 11.7. The van der Waals surface area contributed by atoms with Gasteiger partial charge in [0.15, 0.2) is 0 Å². The Balaban J connectivity index is 2.76. The van der Waals surface area contributed by atoms with Crippen LogP contribution in [-0.2, 0) is 0 Å². The lowest BCUT2D eigenvalue weighted by Gasteiger charge is -2.33. The molecule has 0 saturated heterocycles. The number of rotatable bonds is 5. The van der Waals surface area contributed by atoms with Crippen molar-refractivity contribution in [2.75, 3.05) is 33.1 Å². The molecule has 0 aliphatic rings. The summed E-state index contributed by atoms with van der Waals surface area (Å²) >= 11 is 0. The number of ether oxygens (including phenoxy) is 1. The Morgan fingerprint density at radius 1 is 1.35 bits per heavy atom. The molecule has 1 rings (SSSR count). The van der Waals surface area contributed by atoms with Gasteiger partial charge in [0.2, 0.25) is 5.88 Å². The molecule has 1 aromatic heterocycles. The van der Waals surface area contributed by atoms with Crippen LogP contribution in [0.15, 0.2) is 6.33 Å². The van der Waals surface area contributed by atoms with Gasteiger partial charge < -0.3 is 15.0 Å². The topological polar surface area (TPSA) is 50.3 Å².